The molecule has 4 heteroatoms. The predicted molar refractivity (Wildman–Crippen MR) is 76.6 cm³/mol. The largest absolute Gasteiger partial charge is 0.375 e. The van der Waals surface area contributed by atoms with Crippen LogP contribution >= 0.6 is 0 Å². The topological polar surface area (TPSA) is 41.6 Å². The van der Waals surface area contributed by atoms with Gasteiger partial charge in [-0.25, -0.2) is 0 Å². The lowest BCUT2D eigenvalue weighted by atomic mass is 10.1. The van der Waals surface area contributed by atoms with Crippen LogP contribution in [-0.4, -0.2) is 38.8 Å². The molecule has 1 heterocycles. The molecule has 0 aromatic heterocycles. The van der Waals surface area contributed by atoms with E-state index in [1.165, 1.54) is 11.1 Å². The monoisotopic (exact) mass is 262 g/mol. The average molecular weight is 262 g/mol. The van der Waals surface area contributed by atoms with Gasteiger partial charge in [0.1, 0.15) is 0 Å². The lowest BCUT2D eigenvalue weighted by Gasteiger charge is -2.26. The van der Waals surface area contributed by atoms with Crippen molar-refractivity contribution in [2.45, 2.75) is 26.4 Å². The molecule has 0 spiro atoms. The van der Waals surface area contributed by atoms with Gasteiger partial charge >= 0.3 is 0 Å². The summed E-state index contributed by atoms with van der Waals surface area (Å²) in [6.07, 6.45) is 0.422. The minimum atomic E-state index is -0.00499. The summed E-state index contributed by atoms with van der Waals surface area (Å²) < 4.78 is 5.57. The van der Waals surface area contributed by atoms with Gasteiger partial charge in [-0.2, -0.15) is 0 Å². The molecule has 4 nitrogen and oxygen atoms in total. The summed E-state index contributed by atoms with van der Waals surface area (Å²) in [5, 5.41) is 3.24. The normalized spacial score (nSPS) is 19.2. The number of carbonyl (C=O) groups is 1. The molecule has 1 saturated heterocycles. The summed E-state index contributed by atoms with van der Waals surface area (Å²) in [6.45, 7) is 6.40. The van der Waals surface area contributed by atoms with Crippen LogP contribution in [0, 0.1) is 13.8 Å². The molecule has 1 aliphatic heterocycles. The Morgan fingerprint density at radius 3 is 2.63 bits per heavy atom. The van der Waals surface area contributed by atoms with Crippen LogP contribution in [0.1, 0.15) is 17.5 Å². The van der Waals surface area contributed by atoms with E-state index in [-0.39, 0.29) is 12.0 Å². The van der Waals surface area contributed by atoms with E-state index in [0.29, 0.717) is 13.0 Å². The first-order valence-corrected chi connectivity index (χ1v) is 6.73. The number of nitrogens with zero attached hydrogens (tertiary/aromatic N) is 1. The fraction of sp³-hybridized carbons (Fsp3) is 0.533. The van der Waals surface area contributed by atoms with Crippen molar-refractivity contribution < 1.29 is 9.53 Å². The highest BCUT2D eigenvalue weighted by Crippen LogP contribution is 2.19. The smallest absolute Gasteiger partial charge is 0.229 e. The Labute approximate surface area is 114 Å². The van der Waals surface area contributed by atoms with Crippen LogP contribution in [0.25, 0.3) is 0 Å². The van der Waals surface area contributed by atoms with Crippen LogP contribution in [0.5, 0.6) is 0 Å². The van der Waals surface area contributed by atoms with E-state index in [1.54, 1.807) is 4.90 Å². The van der Waals surface area contributed by atoms with Crippen molar-refractivity contribution in [3.63, 3.8) is 0 Å². The van der Waals surface area contributed by atoms with E-state index >= 15 is 0 Å². The van der Waals surface area contributed by atoms with Crippen LogP contribution in [0.2, 0.25) is 0 Å². The Morgan fingerprint density at radius 2 is 2.05 bits per heavy atom. The minimum Gasteiger partial charge on any atom is -0.375 e. The number of benzene rings is 1. The maximum absolute atomic E-state index is 12.3. The number of nitrogens with one attached hydrogen (secondary N) is 1. The first kappa shape index (κ1) is 14.0. The third-order valence-electron chi connectivity index (χ3n) is 3.37. The molecule has 104 valence electrons. The van der Waals surface area contributed by atoms with Crippen molar-refractivity contribution >= 4 is 11.6 Å². The highest BCUT2D eigenvalue weighted by molar-refractivity contribution is 5.93. The summed E-state index contributed by atoms with van der Waals surface area (Å²) in [4.78, 5) is 14.0. The van der Waals surface area contributed by atoms with E-state index in [1.807, 2.05) is 33.0 Å². The van der Waals surface area contributed by atoms with E-state index in [2.05, 4.69) is 11.4 Å². The van der Waals surface area contributed by atoms with Crippen molar-refractivity contribution in [1.29, 1.82) is 0 Å². The molecule has 19 heavy (non-hydrogen) atoms. The van der Waals surface area contributed by atoms with Gasteiger partial charge in [0, 0.05) is 25.8 Å². The standard InChI is InChI=1S/C15H22N2O2/c1-11-6-12(2)8-13(7-11)17(3)15(18)9-14-10-16-4-5-19-14/h6-8,14,16H,4-5,9-10H2,1-3H3. The fourth-order valence-electron chi connectivity index (χ4n) is 2.37. The number of anilines is 1. The van der Waals surface area contributed by atoms with Crippen molar-refractivity contribution in [2.24, 2.45) is 0 Å². The maximum atomic E-state index is 12.3. The molecule has 1 unspecified atom stereocenters. The van der Waals surface area contributed by atoms with Gasteiger partial charge in [-0.05, 0) is 37.1 Å². The molecule has 1 aromatic rings. The molecular weight excluding hydrogens is 240 g/mol. The quantitative estimate of drug-likeness (QED) is 0.900. The molecule has 0 radical (unpaired) electrons. The summed E-state index contributed by atoms with van der Waals surface area (Å²) >= 11 is 0. The minimum absolute atomic E-state index is 0.00499. The van der Waals surface area contributed by atoms with Gasteiger partial charge < -0.3 is 15.0 Å². The Bertz CT molecular complexity index is 433. The van der Waals surface area contributed by atoms with Gasteiger partial charge in [-0.15, -0.1) is 0 Å². The van der Waals surface area contributed by atoms with E-state index in [0.717, 1.165) is 18.8 Å². The van der Waals surface area contributed by atoms with E-state index in [4.69, 9.17) is 4.74 Å². The van der Waals surface area contributed by atoms with Crippen LogP contribution in [0.3, 0.4) is 0 Å². The first-order chi connectivity index (χ1) is 9.06. The molecule has 0 saturated carbocycles. The third kappa shape index (κ3) is 3.78. The van der Waals surface area contributed by atoms with Crippen LogP contribution in [0.4, 0.5) is 5.69 Å². The van der Waals surface area contributed by atoms with Gasteiger partial charge in [-0.1, -0.05) is 6.07 Å². The highest BCUT2D eigenvalue weighted by atomic mass is 16.5. The summed E-state index contributed by atoms with van der Waals surface area (Å²) in [5.74, 6) is 0.0960. The molecular formula is C15H22N2O2. The van der Waals surface area contributed by atoms with Crippen molar-refractivity contribution in [1.82, 2.24) is 5.32 Å². The Kier molecular flexibility index (Phi) is 4.56. The van der Waals surface area contributed by atoms with Crippen molar-refractivity contribution in [2.75, 3.05) is 31.6 Å². The Balaban J connectivity index is 2.01. The van der Waals surface area contributed by atoms with E-state index in [9.17, 15) is 4.79 Å². The van der Waals surface area contributed by atoms with Gasteiger partial charge in [-0.3, -0.25) is 4.79 Å². The molecule has 0 aliphatic carbocycles. The number of rotatable bonds is 3. The number of ether oxygens (including phenoxy) is 1. The maximum Gasteiger partial charge on any atom is 0.229 e. The Morgan fingerprint density at radius 1 is 1.37 bits per heavy atom. The molecule has 1 aliphatic rings. The van der Waals surface area contributed by atoms with Gasteiger partial charge in [0.25, 0.3) is 0 Å². The number of hydrogen-bond donors (Lipinski definition) is 1. The zero-order valence-electron chi connectivity index (χ0n) is 11.9. The molecule has 1 atom stereocenters. The number of amides is 1. The molecule has 0 bridgehead atoms. The second kappa shape index (κ2) is 6.17. The fourth-order valence-corrected chi connectivity index (χ4v) is 2.37. The highest BCUT2D eigenvalue weighted by Gasteiger charge is 2.20. The number of carbonyl (C=O) groups excluding carboxylic acids is 1. The number of aryl methyl sites for hydroxylation is 2. The zero-order valence-corrected chi connectivity index (χ0v) is 11.9. The van der Waals surface area contributed by atoms with Crippen LogP contribution < -0.4 is 10.2 Å². The Hall–Kier alpha value is -1.39. The SMILES string of the molecule is Cc1cc(C)cc(N(C)C(=O)CC2CNCCO2)c1. The molecule has 1 amide bonds. The van der Waals surface area contributed by atoms with Crippen LogP contribution in [-0.2, 0) is 9.53 Å². The molecule has 2 rings (SSSR count). The van der Waals surface area contributed by atoms with Crippen LogP contribution in [0.15, 0.2) is 18.2 Å². The summed E-state index contributed by atoms with van der Waals surface area (Å²) in [6, 6.07) is 6.17. The molecule has 1 N–H and O–H groups in total. The lowest BCUT2D eigenvalue weighted by molar-refractivity contribution is -0.121. The number of morpholine rings is 1. The predicted octanol–water partition coefficient (Wildman–Crippen LogP) is 1.64. The summed E-state index contributed by atoms with van der Waals surface area (Å²) in [7, 11) is 1.83. The second-order valence-electron chi connectivity index (χ2n) is 5.20. The zero-order chi connectivity index (χ0) is 13.8. The average Bonchev–Trinajstić information content (AvgIpc) is 2.37. The van der Waals surface area contributed by atoms with Gasteiger partial charge in [0.15, 0.2) is 0 Å². The van der Waals surface area contributed by atoms with E-state index < -0.39 is 0 Å². The molecule has 1 fully saturated rings. The lowest BCUT2D eigenvalue weighted by Crippen LogP contribution is -2.41. The van der Waals surface area contributed by atoms with Crippen molar-refractivity contribution in [3.05, 3.63) is 29.3 Å². The second-order valence-corrected chi connectivity index (χ2v) is 5.20. The third-order valence-corrected chi connectivity index (χ3v) is 3.37. The van der Waals surface area contributed by atoms with Gasteiger partial charge in [0.2, 0.25) is 5.91 Å². The molecule has 1 aromatic carbocycles. The first-order valence-electron chi connectivity index (χ1n) is 6.73. The number of hydrogen-bond acceptors (Lipinski definition) is 3. The summed E-state index contributed by atoms with van der Waals surface area (Å²) in [5.41, 5.74) is 3.29. The van der Waals surface area contributed by atoms with Gasteiger partial charge in [0.05, 0.1) is 19.1 Å². The van der Waals surface area contributed by atoms with Crippen molar-refractivity contribution in [3.8, 4) is 0 Å².